The third-order valence-electron chi connectivity index (χ3n) is 2.34. The van der Waals surface area contributed by atoms with E-state index in [0.717, 1.165) is 17.0 Å². The van der Waals surface area contributed by atoms with Crippen LogP contribution in [0.15, 0.2) is 53.8 Å². The van der Waals surface area contributed by atoms with Gasteiger partial charge in [-0.05, 0) is 49.5 Å². The summed E-state index contributed by atoms with van der Waals surface area (Å²) in [6.07, 6.45) is 5.34. The maximum Gasteiger partial charge on any atom is 0.242 e. The zero-order chi connectivity index (χ0) is 13.7. The molecule has 0 bridgehead atoms. The van der Waals surface area contributed by atoms with Crippen molar-refractivity contribution in [3.63, 3.8) is 0 Å². The predicted octanol–water partition coefficient (Wildman–Crippen LogP) is 4.05. The summed E-state index contributed by atoms with van der Waals surface area (Å²) < 4.78 is 6.03. The number of nitrogens with zero attached hydrogens (tertiary/aromatic N) is 2. The van der Waals surface area contributed by atoms with Gasteiger partial charge in [-0.1, -0.05) is 12.1 Å². The molecule has 1 aromatic carbocycles. The molecule has 0 amide bonds. The van der Waals surface area contributed by atoms with Gasteiger partial charge in [0, 0.05) is 18.6 Å². The number of aromatic nitrogens is 1. The van der Waals surface area contributed by atoms with Crippen LogP contribution in [0.5, 0.6) is 5.75 Å². The van der Waals surface area contributed by atoms with Crippen LogP contribution in [0.25, 0.3) is 0 Å². The Balaban J connectivity index is 2.23. The fraction of sp³-hybridized carbons (Fsp3) is 0.200. The largest absolute Gasteiger partial charge is 0.543 e. The van der Waals surface area contributed by atoms with Gasteiger partial charge in [0.05, 0.1) is 0 Å². The Labute approximate surface area is 115 Å². The highest BCUT2D eigenvalue weighted by Crippen LogP contribution is 2.29. The van der Waals surface area contributed by atoms with Crippen molar-refractivity contribution in [3.8, 4) is 5.75 Å². The van der Waals surface area contributed by atoms with E-state index in [4.69, 9.17) is 4.43 Å². The first kappa shape index (κ1) is 13.5. The minimum Gasteiger partial charge on any atom is -0.543 e. The van der Waals surface area contributed by atoms with E-state index >= 15 is 0 Å². The van der Waals surface area contributed by atoms with Crippen molar-refractivity contribution in [3.05, 3.63) is 54.4 Å². The zero-order valence-electron chi connectivity index (χ0n) is 11.5. The smallest absolute Gasteiger partial charge is 0.242 e. The Kier molecular flexibility index (Phi) is 4.12. The van der Waals surface area contributed by atoms with Crippen molar-refractivity contribution in [1.82, 2.24) is 4.98 Å². The molecule has 19 heavy (non-hydrogen) atoms. The number of benzene rings is 1. The lowest BCUT2D eigenvalue weighted by molar-refractivity contribution is 0.559. The molecule has 0 radical (unpaired) electrons. The third-order valence-corrected chi connectivity index (χ3v) is 3.17. The van der Waals surface area contributed by atoms with E-state index < -0.39 is 8.32 Å². The lowest BCUT2D eigenvalue weighted by Gasteiger charge is -2.20. The van der Waals surface area contributed by atoms with Crippen molar-refractivity contribution in [2.45, 2.75) is 19.6 Å². The fourth-order valence-corrected chi connectivity index (χ4v) is 2.41. The highest BCUT2D eigenvalue weighted by Gasteiger charge is 2.17. The van der Waals surface area contributed by atoms with Crippen LogP contribution in [-0.2, 0) is 0 Å². The average molecular weight is 270 g/mol. The molecule has 0 N–H and O–H groups in total. The average Bonchev–Trinajstić information content (AvgIpc) is 2.37. The fourth-order valence-electron chi connectivity index (χ4n) is 1.57. The predicted molar refractivity (Wildman–Crippen MR) is 81.9 cm³/mol. The van der Waals surface area contributed by atoms with Crippen LogP contribution >= 0.6 is 0 Å². The molecule has 1 heterocycles. The van der Waals surface area contributed by atoms with Crippen LogP contribution in [0.2, 0.25) is 19.6 Å². The number of hydrogen-bond acceptors (Lipinski definition) is 3. The van der Waals surface area contributed by atoms with E-state index in [1.807, 2.05) is 42.6 Å². The first-order valence-electron chi connectivity index (χ1n) is 6.27. The molecule has 0 saturated carbocycles. The molecule has 0 saturated heterocycles. The van der Waals surface area contributed by atoms with Crippen LogP contribution < -0.4 is 4.43 Å². The Hall–Kier alpha value is -1.94. The molecule has 4 heteroatoms. The molecule has 0 spiro atoms. The first-order valence-corrected chi connectivity index (χ1v) is 9.67. The molecule has 1 aromatic heterocycles. The molecule has 0 atom stereocenters. The van der Waals surface area contributed by atoms with Gasteiger partial charge in [-0.2, -0.15) is 0 Å². The zero-order valence-corrected chi connectivity index (χ0v) is 12.5. The van der Waals surface area contributed by atoms with Crippen molar-refractivity contribution in [2.24, 2.45) is 4.99 Å². The Morgan fingerprint density at radius 3 is 2.42 bits per heavy atom. The van der Waals surface area contributed by atoms with Gasteiger partial charge < -0.3 is 4.43 Å². The van der Waals surface area contributed by atoms with Gasteiger partial charge in [0.2, 0.25) is 8.32 Å². The minimum absolute atomic E-state index is 0.854. The molecular formula is C15H18N2OSi. The monoisotopic (exact) mass is 270 g/mol. The van der Waals surface area contributed by atoms with Crippen LogP contribution in [0.1, 0.15) is 5.56 Å². The van der Waals surface area contributed by atoms with E-state index in [2.05, 4.69) is 29.6 Å². The molecule has 98 valence electrons. The third kappa shape index (κ3) is 4.33. The van der Waals surface area contributed by atoms with Gasteiger partial charge in [0.25, 0.3) is 0 Å². The van der Waals surface area contributed by atoms with Crippen molar-refractivity contribution >= 4 is 20.2 Å². The van der Waals surface area contributed by atoms with Gasteiger partial charge in [0.15, 0.2) is 0 Å². The quantitative estimate of drug-likeness (QED) is 0.620. The first-order chi connectivity index (χ1) is 9.04. The summed E-state index contributed by atoms with van der Waals surface area (Å²) in [5.74, 6) is 0.854. The summed E-state index contributed by atoms with van der Waals surface area (Å²) in [4.78, 5) is 8.49. The van der Waals surface area contributed by atoms with E-state index in [9.17, 15) is 0 Å². The highest BCUT2D eigenvalue weighted by atomic mass is 28.4. The van der Waals surface area contributed by atoms with Crippen LogP contribution in [0, 0.1) is 0 Å². The second kappa shape index (κ2) is 5.80. The molecule has 0 fully saturated rings. The van der Waals surface area contributed by atoms with E-state index in [1.54, 1.807) is 12.4 Å². The molecular weight excluding hydrogens is 252 g/mol. The molecule has 0 aliphatic heterocycles. The van der Waals surface area contributed by atoms with E-state index in [0.29, 0.717) is 0 Å². The summed E-state index contributed by atoms with van der Waals surface area (Å²) in [6, 6.07) is 11.7. The standard InChI is InChI=1S/C15H18N2OSi/c1-19(2,3)18-15-7-5-4-6-14(15)17-12-13-8-10-16-11-9-13/h4-12H,1-3H3/b17-12+. The number of pyridine rings is 1. The molecule has 0 unspecified atom stereocenters. The summed E-state index contributed by atoms with van der Waals surface area (Å²) in [7, 11) is -1.62. The number of para-hydroxylation sites is 2. The Bertz CT molecular complexity index is 562. The van der Waals surface area contributed by atoms with Crippen molar-refractivity contribution in [2.75, 3.05) is 0 Å². The highest BCUT2D eigenvalue weighted by molar-refractivity contribution is 6.70. The van der Waals surface area contributed by atoms with Crippen molar-refractivity contribution in [1.29, 1.82) is 0 Å². The van der Waals surface area contributed by atoms with Crippen LogP contribution in [0.4, 0.5) is 5.69 Å². The van der Waals surface area contributed by atoms with Crippen LogP contribution in [-0.4, -0.2) is 19.5 Å². The lowest BCUT2D eigenvalue weighted by atomic mass is 10.3. The maximum absolute atomic E-state index is 6.03. The van der Waals surface area contributed by atoms with Gasteiger partial charge in [-0.25, -0.2) is 0 Å². The topological polar surface area (TPSA) is 34.5 Å². The lowest BCUT2D eigenvalue weighted by Crippen LogP contribution is -2.29. The Morgan fingerprint density at radius 2 is 1.74 bits per heavy atom. The number of rotatable bonds is 4. The van der Waals surface area contributed by atoms with Gasteiger partial charge in [-0.15, -0.1) is 0 Å². The van der Waals surface area contributed by atoms with E-state index in [-0.39, 0.29) is 0 Å². The molecule has 3 nitrogen and oxygen atoms in total. The van der Waals surface area contributed by atoms with Gasteiger partial charge in [-0.3, -0.25) is 9.98 Å². The summed E-state index contributed by atoms with van der Waals surface area (Å²) in [5.41, 5.74) is 1.89. The van der Waals surface area contributed by atoms with E-state index in [1.165, 1.54) is 0 Å². The van der Waals surface area contributed by atoms with Gasteiger partial charge >= 0.3 is 0 Å². The minimum atomic E-state index is -1.62. The summed E-state index contributed by atoms with van der Waals surface area (Å²) >= 11 is 0. The summed E-state index contributed by atoms with van der Waals surface area (Å²) in [5, 5.41) is 0. The van der Waals surface area contributed by atoms with Gasteiger partial charge in [0.1, 0.15) is 11.4 Å². The summed E-state index contributed by atoms with van der Waals surface area (Å²) in [6.45, 7) is 6.49. The molecule has 2 aromatic rings. The SMILES string of the molecule is C[Si](C)(C)Oc1ccccc1/N=C/c1ccncc1. The number of aliphatic imine (C=N–C) groups is 1. The second-order valence-corrected chi connectivity index (χ2v) is 9.65. The maximum atomic E-state index is 6.03. The molecule has 2 rings (SSSR count). The normalized spacial score (nSPS) is 11.7. The molecule has 0 aliphatic carbocycles. The van der Waals surface area contributed by atoms with Crippen LogP contribution in [0.3, 0.4) is 0 Å². The Morgan fingerprint density at radius 1 is 1.05 bits per heavy atom. The number of hydrogen-bond donors (Lipinski definition) is 0. The second-order valence-electron chi connectivity index (χ2n) is 5.22. The van der Waals surface area contributed by atoms with Crippen molar-refractivity contribution < 1.29 is 4.43 Å². The molecule has 0 aliphatic rings.